The molecule has 0 radical (unpaired) electrons. The number of carbonyl (C=O) groups is 1. The first-order valence-electron chi connectivity index (χ1n) is 7.14. The second-order valence-corrected chi connectivity index (χ2v) is 5.90. The number of carbonyl (C=O) groups excluding carboxylic acids is 1. The lowest BCUT2D eigenvalue weighted by Crippen LogP contribution is -2.32. The maximum atomic E-state index is 12.8. The van der Waals surface area contributed by atoms with Gasteiger partial charge in [0, 0.05) is 18.0 Å². The number of aliphatic hydroxyl groups excluding tert-OH is 1. The van der Waals surface area contributed by atoms with E-state index in [4.69, 9.17) is 0 Å². The Morgan fingerprint density at radius 3 is 2.43 bits per heavy atom. The molecule has 2 rings (SSSR count). The highest BCUT2D eigenvalue weighted by molar-refractivity contribution is 7.97. The van der Waals surface area contributed by atoms with Gasteiger partial charge in [-0.15, -0.1) is 0 Å². The molecule has 0 aromatic heterocycles. The van der Waals surface area contributed by atoms with Gasteiger partial charge in [-0.1, -0.05) is 24.3 Å². The van der Waals surface area contributed by atoms with Gasteiger partial charge in [-0.2, -0.15) is 11.8 Å². The lowest BCUT2D eigenvalue weighted by Gasteiger charge is -2.13. The zero-order valence-electron chi connectivity index (χ0n) is 12.8. The van der Waals surface area contributed by atoms with E-state index in [1.807, 2.05) is 30.5 Å². The average Bonchev–Trinajstić information content (AvgIpc) is 2.55. The maximum Gasteiger partial charge on any atom is 0.319 e. The number of rotatable bonds is 6. The van der Waals surface area contributed by atoms with Gasteiger partial charge in [0.2, 0.25) is 0 Å². The molecule has 4 nitrogen and oxygen atoms in total. The normalized spacial score (nSPS) is 11.8. The van der Waals surface area contributed by atoms with Crippen molar-refractivity contribution in [2.24, 2.45) is 0 Å². The Kier molecular flexibility index (Phi) is 6.43. The lowest BCUT2D eigenvalue weighted by molar-refractivity contribution is 0.175. The summed E-state index contributed by atoms with van der Waals surface area (Å²) in [5.41, 5.74) is 2.42. The fourth-order valence-electron chi connectivity index (χ4n) is 2.02. The van der Waals surface area contributed by atoms with E-state index in [0.717, 1.165) is 5.75 Å². The number of hydrogen-bond donors (Lipinski definition) is 3. The minimum Gasteiger partial charge on any atom is -0.387 e. The van der Waals surface area contributed by atoms with Gasteiger partial charge in [-0.05, 0) is 41.6 Å². The first-order valence-corrected chi connectivity index (χ1v) is 8.54. The highest BCUT2D eigenvalue weighted by Gasteiger charge is 2.09. The number of urea groups is 1. The van der Waals surface area contributed by atoms with Crippen molar-refractivity contribution in [3.8, 4) is 0 Å². The maximum absolute atomic E-state index is 12.8. The summed E-state index contributed by atoms with van der Waals surface area (Å²) in [4.78, 5) is 11.8. The number of hydrogen-bond acceptors (Lipinski definition) is 3. The third kappa shape index (κ3) is 5.58. The van der Waals surface area contributed by atoms with Crippen LogP contribution in [-0.4, -0.2) is 23.9 Å². The van der Waals surface area contributed by atoms with Gasteiger partial charge in [0.25, 0.3) is 0 Å². The first-order chi connectivity index (χ1) is 11.1. The molecule has 3 N–H and O–H groups in total. The van der Waals surface area contributed by atoms with E-state index in [1.165, 1.54) is 29.8 Å². The highest BCUT2D eigenvalue weighted by Crippen LogP contribution is 2.14. The minimum absolute atomic E-state index is 0.0437. The Morgan fingerprint density at radius 2 is 1.83 bits per heavy atom. The standard InChI is InChI=1S/C17H19FN2O2S/c1-23-11-12-2-8-15(9-3-12)20-17(22)19-10-16(21)13-4-6-14(18)7-5-13/h2-9,16,21H,10-11H2,1H3,(H2,19,20,22). The smallest absolute Gasteiger partial charge is 0.319 e. The Hall–Kier alpha value is -2.05. The van der Waals surface area contributed by atoms with Gasteiger partial charge in [0.1, 0.15) is 5.82 Å². The number of benzene rings is 2. The molecule has 1 unspecified atom stereocenters. The second-order valence-electron chi connectivity index (χ2n) is 5.03. The summed E-state index contributed by atoms with van der Waals surface area (Å²) in [7, 11) is 0. The first kappa shape index (κ1) is 17.3. The van der Waals surface area contributed by atoms with Crippen molar-refractivity contribution in [3.63, 3.8) is 0 Å². The van der Waals surface area contributed by atoms with Crippen molar-refractivity contribution < 1.29 is 14.3 Å². The Labute approximate surface area is 139 Å². The van der Waals surface area contributed by atoms with Crippen LogP contribution in [0.5, 0.6) is 0 Å². The topological polar surface area (TPSA) is 61.4 Å². The van der Waals surface area contributed by atoms with Crippen molar-refractivity contribution in [1.82, 2.24) is 5.32 Å². The van der Waals surface area contributed by atoms with Crippen LogP contribution >= 0.6 is 11.8 Å². The molecule has 2 aromatic rings. The molecular weight excluding hydrogens is 315 g/mol. The van der Waals surface area contributed by atoms with Gasteiger partial charge in [-0.25, -0.2) is 9.18 Å². The third-order valence-electron chi connectivity index (χ3n) is 3.23. The number of aliphatic hydroxyl groups is 1. The van der Waals surface area contributed by atoms with Crippen LogP contribution < -0.4 is 10.6 Å². The molecule has 0 aliphatic heterocycles. The molecule has 0 aliphatic carbocycles. The molecular formula is C17H19FN2O2S. The van der Waals surface area contributed by atoms with Crippen molar-refractivity contribution in [2.75, 3.05) is 18.1 Å². The number of nitrogens with one attached hydrogen (secondary N) is 2. The summed E-state index contributed by atoms with van der Waals surface area (Å²) in [6.45, 7) is 0.0437. The number of thioether (sulfide) groups is 1. The van der Waals surface area contributed by atoms with E-state index in [9.17, 15) is 14.3 Å². The van der Waals surface area contributed by atoms with E-state index < -0.39 is 12.1 Å². The summed E-state index contributed by atoms with van der Waals surface area (Å²) in [5.74, 6) is 0.563. The summed E-state index contributed by atoms with van der Waals surface area (Å²) in [6, 6.07) is 12.7. The molecule has 0 fully saturated rings. The Morgan fingerprint density at radius 1 is 1.17 bits per heavy atom. The van der Waals surface area contributed by atoms with Crippen LogP contribution in [0.4, 0.5) is 14.9 Å². The van der Waals surface area contributed by atoms with Crippen molar-refractivity contribution in [1.29, 1.82) is 0 Å². The van der Waals surface area contributed by atoms with Crippen LogP contribution in [0.3, 0.4) is 0 Å². The fraction of sp³-hybridized carbons (Fsp3) is 0.235. The Bertz CT molecular complexity index is 632. The molecule has 0 aliphatic rings. The van der Waals surface area contributed by atoms with Gasteiger partial charge >= 0.3 is 6.03 Å². The molecule has 2 aromatic carbocycles. The number of amides is 2. The van der Waals surface area contributed by atoms with Crippen molar-refractivity contribution >= 4 is 23.5 Å². The van der Waals surface area contributed by atoms with Crippen LogP contribution in [0, 0.1) is 5.82 Å². The fourth-order valence-corrected chi connectivity index (χ4v) is 2.54. The van der Waals surface area contributed by atoms with Gasteiger partial charge < -0.3 is 15.7 Å². The molecule has 0 bridgehead atoms. The summed E-state index contributed by atoms with van der Waals surface area (Å²) in [6.07, 6.45) is 1.15. The Balaban J connectivity index is 1.81. The minimum atomic E-state index is -0.884. The molecule has 1 atom stereocenters. The molecule has 6 heteroatoms. The molecule has 122 valence electrons. The van der Waals surface area contributed by atoms with Crippen LogP contribution in [-0.2, 0) is 5.75 Å². The molecule has 2 amide bonds. The summed E-state index contributed by atoms with van der Waals surface area (Å²) >= 11 is 1.73. The molecule has 0 saturated carbocycles. The largest absolute Gasteiger partial charge is 0.387 e. The van der Waals surface area contributed by atoms with E-state index in [-0.39, 0.29) is 12.4 Å². The predicted octanol–water partition coefficient (Wildman–Crippen LogP) is 3.54. The van der Waals surface area contributed by atoms with E-state index >= 15 is 0 Å². The molecule has 0 spiro atoms. The van der Waals surface area contributed by atoms with Crippen LogP contribution in [0.15, 0.2) is 48.5 Å². The molecule has 0 heterocycles. The summed E-state index contributed by atoms with van der Waals surface area (Å²) in [5, 5.41) is 15.2. The number of halogens is 1. The van der Waals surface area contributed by atoms with E-state index in [1.54, 1.807) is 11.8 Å². The molecule has 0 saturated heterocycles. The zero-order valence-corrected chi connectivity index (χ0v) is 13.6. The number of anilines is 1. The van der Waals surface area contributed by atoms with Crippen LogP contribution in [0.1, 0.15) is 17.2 Å². The summed E-state index contributed by atoms with van der Waals surface area (Å²) < 4.78 is 12.8. The van der Waals surface area contributed by atoms with Gasteiger partial charge in [-0.3, -0.25) is 0 Å². The lowest BCUT2D eigenvalue weighted by atomic mass is 10.1. The SMILES string of the molecule is CSCc1ccc(NC(=O)NCC(O)c2ccc(F)cc2)cc1. The quantitative estimate of drug-likeness (QED) is 0.757. The predicted molar refractivity (Wildman–Crippen MR) is 92.0 cm³/mol. The van der Waals surface area contributed by atoms with Crippen LogP contribution in [0.25, 0.3) is 0 Å². The van der Waals surface area contributed by atoms with E-state index in [0.29, 0.717) is 11.3 Å². The van der Waals surface area contributed by atoms with E-state index in [2.05, 4.69) is 10.6 Å². The van der Waals surface area contributed by atoms with Crippen molar-refractivity contribution in [2.45, 2.75) is 11.9 Å². The second kappa shape index (κ2) is 8.55. The van der Waals surface area contributed by atoms with Gasteiger partial charge in [0.05, 0.1) is 6.10 Å². The average molecular weight is 334 g/mol. The monoisotopic (exact) mass is 334 g/mol. The van der Waals surface area contributed by atoms with Crippen molar-refractivity contribution in [3.05, 3.63) is 65.5 Å². The highest BCUT2D eigenvalue weighted by atomic mass is 32.2. The third-order valence-corrected chi connectivity index (χ3v) is 3.86. The van der Waals surface area contributed by atoms with Gasteiger partial charge in [0.15, 0.2) is 0 Å². The molecule has 23 heavy (non-hydrogen) atoms. The van der Waals surface area contributed by atoms with Crippen LogP contribution in [0.2, 0.25) is 0 Å². The zero-order chi connectivity index (χ0) is 16.7.